The topological polar surface area (TPSA) is 80.5 Å². The Bertz CT molecular complexity index is 856. The lowest BCUT2D eigenvalue weighted by molar-refractivity contribution is -0.141. The van der Waals surface area contributed by atoms with Crippen molar-refractivity contribution in [1.29, 1.82) is 0 Å². The summed E-state index contributed by atoms with van der Waals surface area (Å²) in [6.07, 6.45) is 0.0298. The maximum atomic E-state index is 13.0. The molecular formula is C15H12F3N5O. The van der Waals surface area contributed by atoms with E-state index in [1.54, 1.807) is 24.5 Å². The average Bonchev–Trinajstić information content (AvgIpc) is 3.21. The summed E-state index contributed by atoms with van der Waals surface area (Å²) >= 11 is 0. The minimum Gasteiger partial charge on any atom is -0.339 e. The Morgan fingerprint density at radius 2 is 2.17 bits per heavy atom. The van der Waals surface area contributed by atoms with E-state index in [-0.39, 0.29) is 17.9 Å². The van der Waals surface area contributed by atoms with E-state index >= 15 is 0 Å². The highest BCUT2D eigenvalue weighted by Gasteiger charge is 2.40. The number of hydrogen-bond donors (Lipinski definition) is 1. The van der Waals surface area contributed by atoms with Crippen molar-refractivity contribution in [2.24, 2.45) is 0 Å². The Morgan fingerprint density at radius 1 is 1.29 bits per heavy atom. The fraction of sp³-hybridized carbons (Fsp3) is 0.333. The van der Waals surface area contributed by atoms with Crippen LogP contribution in [-0.4, -0.2) is 25.3 Å². The molecule has 0 radical (unpaired) electrons. The van der Waals surface area contributed by atoms with Gasteiger partial charge in [-0.25, -0.2) is 0 Å². The number of halogens is 3. The number of rotatable bonds is 2. The minimum absolute atomic E-state index is 0.176. The van der Waals surface area contributed by atoms with Gasteiger partial charge in [-0.1, -0.05) is 5.16 Å². The van der Waals surface area contributed by atoms with Gasteiger partial charge in [0.25, 0.3) is 0 Å². The summed E-state index contributed by atoms with van der Waals surface area (Å²) in [7, 11) is 0. The normalized spacial score (nSPS) is 17.7. The number of aryl methyl sites for hydroxylation is 1. The van der Waals surface area contributed by atoms with E-state index in [9.17, 15) is 13.2 Å². The number of hydrogen-bond acceptors (Lipinski definition) is 5. The van der Waals surface area contributed by atoms with Gasteiger partial charge in [0.1, 0.15) is 0 Å². The molecule has 6 nitrogen and oxygen atoms in total. The molecule has 3 aromatic heterocycles. The second kappa shape index (κ2) is 5.43. The first-order valence-corrected chi connectivity index (χ1v) is 7.39. The predicted molar refractivity (Wildman–Crippen MR) is 75.9 cm³/mol. The van der Waals surface area contributed by atoms with Gasteiger partial charge in [-0.05, 0) is 31.4 Å². The fourth-order valence-electron chi connectivity index (χ4n) is 2.95. The van der Waals surface area contributed by atoms with Crippen LogP contribution in [0, 0.1) is 0 Å². The van der Waals surface area contributed by atoms with Crippen molar-refractivity contribution in [2.45, 2.75) is 31.4 Å². The van der Waals surface area contributed by atoms with Crippen molar-refractivity contribution in [2.75, 3.05) is 0 Å². The highest BCUT2D eigenvalue weighted by Crippen LogP contribution is 2.38. The van der Waals surface area contributed by atoms with E-state index in [0.717, 1.165) is 0 Å². The lowest BCUT2D eigenvalue weighted by Crippen LogP contribution is -2.16. The van der Waals surface area contributed by atoms with Crippen molar-refractivity contribution < 1.29 is 17.7 Å². The van der Waals surface area contributed by atoms with Crippen LogP contribution in [0.2, 0.25) is 0 Å². The molecule has 0 fully saturated rings. The van der Waals surface area contributed by atoms with Crippen molar-refractivity contribution in [3.63, 3.8) is 0 Å². The lowest BCUT2D eigenvalue weighted by Gasteiger charge is -2.19. The van der Waals surface area contributed by atoms with Crippen LogP contribution in [0.1, 0.15) is 35.2 Å². The zero-order chi connectivity index (χ0) is 16.7. The number of nitrogens with zero attached hydrogens (tertiary/aromatic N) is 4. The maximum absolute atomic E-state index is 13.0. The highest BCUT2D eigenvalue weighted by atomic mass is 19.4. The molecule has 1 N–H and O–H groups in total. The third kappa shape index (κ3) is 2.55. The molecule has 0 unspecified atom stereocenters. The van der Waals surface area contributed by atoms with E-state index < -0.39 is 11.9 Å². The predicted octanol–water partition coefficient (Wildman–Crippen LogP) is 3.15. The summed E-state index contributed by atoms with van der Waals surface area (Å²) in [6.45, 7) is 0. The summed E-state index contributed by atoms with van der Waals surface area (Å²) in [5, 5.41) is 9.82. The number of aromatic nitrogens is 5. The van der Waals surface area contributed by atoms with Crippen molar-refractivity contribution in [1.82, 2.24) is 25.3 Å². The molecule has 4 rings (SSSR count). The first kappa shape index (κ1) is 14.9. The van der Waals surface area contributed by atoms with Crippen LogP contribution in [0.5, 0.6) is 0 Å². The Kier molecular flexibility index (Phi) is 3.36. The fourth-order valence-corrected chi connectivity index (χ4v) is 2.95. The van der Waals surface area contributed by atoms with Crippen LogP contribution >= 0.6 is 0 Å². The number of pyridine rings is 1. The molecule has 1 atom stereocenters. The molecule has 1 aliphatic rings. The molecule has 0 aromatic carbocycles. The molecule has 9 heteroatoms. The van der Waals surface area contributed by atoms with Crippen LogP contribution < -0.4 is 0 Å². The standard InChI is InChI=1S/C15H12F3N5O/c16-15(17,18)12-10-6-8(3-4-11(10)21-22-12)14-20-13(23-24-14)9-2-1-5-19-7-9/h1-2,5,7-8H,3-4,6H2,(H,21,22)/t8-/m1/s1. The molecule has 0 aliphatic heterocycles. The van der Waals surface area contributed by atoms with Gasteiger partial charge in [0.15, 0.2) is 5.69 Å². The summed E-state index contributed by atoms with van der Waals surface area (Å²) < 4.78 is 44.3. The molecule has 124 valence electrons. The lowest BCUT2D eigenvalue weighted by atomic mass is 9.86. The van der Waals surface area contributed by atoms with Gasteiger partial charge in [0.2, 0.25) is 11.7 Å². The largest absolute Gasteiger partial charge is 0.435 e. The Hall–Kier alpha value is -2.71. The second-order valence-corrected chi connectivity index (χ2v) is 5.66. The van der Waals surface area contributed by atoms with Gasteiger partial charge in [-0.15, -0.1) is 0 Å². The van der Waals surface area contributed by atoms with Crippen molar-refractivity contribution in [3.05, 3.63) is 47.4 Å². The van der Waals surface area contributed by atoms with E-state index in [1.165, 1.54) is 0 Å². The molecule has 0 amide bonds. The molecule has 3 aromatic rings. The summed E-state index contributed by atoms with van der Waals surface area (Å²) in [5.74, 6) is 0.468. The maximum Gasteiger partial charge on any atom is 0.435 e. The zero-order valence-corrected chi connectivity index (χ0v) is 12.3. The van der Waals surface area contributed by atoms with Gasteiger partial charge >= 0.3 is 6.18 Å². The first-order valence-electron chi connectivity index (χ1n) is 7.39. The van der Waals surface area contributed by atoms with Crippen LogP contribution in [0.4, 0.5) is 13.2 Å². The first-order chi connectivity index (χ1) is 11.5. The van der Waals surface area contributed by atoms with Gasteiger partial charge in [0.05, 0.1) is 0 Å². The van der Waals surface area contributed by atoms with Gasteiger partial charge in [-0.3, -0.25) is 10.1 Å². The van der Waals surface area contributed by atoms with E-state index in [4.69, 9.17) is 4.52 Å². The smallest absolute Gasteiger partial charge is 0.339 e. The van der Waals surface area contributed by atoms with Crippen LogP contribution in [0.25, 0.3) is 11.4 Å². The van der Waals surface area contributed by atoms with E-state index in [1.807, 2.05) is 0 Å². The van der Waals surface area contributed by atoms with Crippen molar-refractivity contribution >= 4 is 0 Å². The Morgan fingerprint density at radius 3 is 2.92 bits per heavy atom. The second-order valence-electron chi connectivity index (χ2n) is 5.66. The highest BCUT2D eigenvalue weighted by molar-refractivity contribution is 5.52. The van der Waals surface area contributed by atoms with Crippen molar-refractivity contribution in [3.8, 4) is 11.4 Å². The zero-order valence-electron chi connectivity index (χ0n) is 12.3. The number of fused-ring (bicyclic) bond motifs is 1. The Balaban J connectivity index is 1.61. The molecule has 1 aliphatic carbocycles. The summed E-state index contributed by atoms with van der Waals surface area (Å²) in [5.41, 5.74) is 0.572. The molecule has 0 saturated carbocycles. The number of H-pyrrole nitrogens is 1. The molecule has 0 saturated heterocycles. The molecule has 0 spiro atoms. The van der Waals surface area contributed by atoms with Gasteiger partial charge in [-0.2, -0.15) is 23.3 Å². The third-order valence-corrected chi connectivity index (χ3v) is 4.13. The molecular weight excluding hydrogens is 323 g/mol. The quantitative estimate of drug-likeness (QED) is 0.778. The number of alkyl halides is 3. The monoisotopic (exact) mass is 335 g/mol. The number of nitrogens with one attached hydrogen (secondary N) is 1. The third-order valence-electron chi connectivity index (χ3n) is 4.13. The van der Waals surface area contributed by atoms with E-state index in [2.05, 4.69) is 25.3 Å². The molecule has 3 heterocycles. The van der Waals surface area contributed by atoms with Crippen LogP contribution in [0.15, 0.2) is 29.0 Å². The molecule has 0 bridgehead atoms. The SMILES string of the molecule is FC(F)(F)c1n[nH]c2c1C[C@H](c1nc(-c3cccnc3)no1)CC2. The summed E-state index contributed by atoms with van der Waals surface area (Å²) in [4.78, 5) is 8.31. The number of aromatic amines is 1. The van der Waals surface area contributed by atoms with E-state index in [0.29, 0.717) is 35.8 Å². The van der Waals surface area contributed by atoms with Crippen LogP contribution in [-0.2, 0) is 19.0 Å². The Labute approximate surface area is 134 Å². The van der Waals surface area contributed by atoms with Crippen LogP contribution in [0.3, 0.4) is 0 Å². The summed E-state index contributed by atoms with van der Waals surface area (Å²) in [6, 6.07) is 3.54. The minimum atomic E-state index is -4.47. The van der Waals surface area contributed by atoms with Gasteiger partial charge in [0, 0.05) is 35.1 Å². The van der Waals surface area contributed by atoms with Gasteiger partial charge < -0.3 is 4.52 Å². The average molecular weight is 335 g/mol. The molecule has 24 heavy (non-hydrogen) atoms.